The van der Waals surface area contributed by atoms with Gasteiger partial charge in [0.05, 0.1) is 5.41 Å². The fourth-order valence-corrected chi connectivity index (χ4v) is 4.53. The molecule has 1 aliphatic heterocycles. The highest BCUT2D eigenvalue weighted by molar-refractivity contribution is 6.01. The molecule has 6 nitrogen and oxygen atoms in total. The number of nitrogens with zero attached hydrogens (tertiary/aromatic N) is 2. The van der Waals surface area contributed by atoms with Crippen molar-refractivity contribution < 1.29 is 19.2 Å². The highest BCUT2D eigenvalue weighted by Crippen LogP contribution is 2.49. The van der Waals surface area contributed by atoms with E-state index in [1.54, 1.807) is 4.90 Å². The van der Waals surface area contributed by atoms with Crippen molar-refractivity contribution in [2.24, 2.45) is 11.3 Å². The van der Waals surface area contributed by atoms with Crippen LogP contribution in [0, 0.1) is 11.3 Å². The highest BCUT2D eigenvalue weighted by Gasteiger charge is 2.56. The van der Waals surface area contributed by atoms with Gasteiger partial charge in [0.25, 0.3) is 5.91 Å². The molecule has 2 heterocycles. The van der Waals surface area contributed by atoms with Crippen LogP contribution in [0.1, 0.15) is 42.3 Å². The molecule has 136 valence electrons. The third kappa shape index (κ3) is 2.43. The summed E-state index contributed by atoms with van der Waals surface area (Å²) in [5.41, 5.74) is 1.05. The summed E-state index contributed by atoms with van der Waals surface area (Å²) in [6.07, 6.45) is 2.99. The van der Waals surface area contributed by atoms with Crippen LogP contribution in [0.2, 0.25) is 0 Å². The molecule has 1 aromatic carbocycles. The minimum Gasteiger partial charge on any atom is -0.481 e. The summed E-state index contributed by atoms with van der Waals surface area (Å²) in [7, 11) is 0. The maximum atomic E-state index is 13.3. The molecule has 26 heavy (non-hydrogen) atoms. The normalized spacial score (nSPS) is 24.7. The number of benzene rings is 1. The Hall–Kier alpha value is -2.63. The minimum absolute atomic E-state index is 0.0362. The lowest BCUT2D eigenvalue weighted by molar-refractivity contribution is -0.149. The summed E-state index contributed by atoms with van der Waals surface area (Å²) in [5.74, 6) is -0.360. The highest BCUT2D eigenvalue weighted by atomic mass is 16.5. The van der Waals surface area contributed by atoms with Crippen LogP contribution in [0.15, 0.2) is 34.9 Å². The maximum Gasteiger partial charge on any atom is 0.311 e. The zero-order valence-electron chi connectivity index (χ0n) is 14.8. The molecule has 6 heteroatoms. The Bertz CT molecular complexity index is 845. The summed E-state index contributed by atoms with van der Waals surface area (Å²) >= 11 is 0. The van der Waals surface area contributed by atoms with Crippen molar-refractivity contribution >= 4 is 11.9 Å². The Kier molecular flexibility index (Phi) is 4.05. The monoisotopic (exact) mass is 354 g/mol. The zero-order chi connectivity index (χ0) is 18.3. The SMILES string of the molecule is CCc1onc(-c2ccccc2)c1C(=O)N1C[C@@H]2CCC[C@@]2(C(=O)O)C1. The molecular formula is C20H22N2O4. The molecule has 2 aliphatic rings. The number of aliphatic carboxylic acids is 1. The third-order valence-corrected chi connectivity index (χ3v) is 5.93. The van der Waals surface area contributed by atoms with Gasteiger partial charge in [0.2, 0.25) is 0 Å². The lowest BCUT2D eigenvalue weighted by atomic mass is 9.81. The van der Waals surface area contributed by atoms with E-state index >= 15 is 0 Å². The number of aromatic nitrogens is 1. The Balaban J connectivity index is 1.70. The average Bonchev–Trinajstić information content (AvgIpc) is 3.33. The van der Waals surface area contributed by atoms with Gasteiger partial charge in [-0.25, -0.2) is 0 Å². The van der Waals surface area contributed by atoms with E-state index in [9.17, 15) is 14.7 Å². The van der Waals surface area contributed by atoms with Gasteiger partial charge in [-0.2, -0.15) is 0 Å². The molecule has 1 amide bonds. The Labute approximate surface area is 151 Å². The lowest BCUT2D eigenvalue weighted by Crippen LogP contribution is -2.37. The number of carboxylic acids is 1. The summed E-state index contributed by atoms with van der Waals surface area (Å²) < 4.78 is 5.43. The molecule has 2 atom stereocenters. The number of amides is 1. The van der Waals surface area contributed by atoms with Gasteiger partial charge in [-0.15, -0.1) is 0 Å². The molecule has 4 rings (SSSR count). The first-order valence-corrected chi connectivity index (χ1v) is 9.13. The number of fused-ring (bicyclic) bond motifs is 1. The van der Waals surface area contributed by atoms with Crippen LogP contribution in [-0.4, -0.2) is 40.1 Å². The summed E-state index contributed by atoms with van der Waals surface area (Å²) in [6, 6.07) is 9.48. The fourth-order valence-electron chi connectivity index (χ4n) is 4.53. The number of carbonyl (C=O) groups excluding carboxylic acids is 1. The van der Waals surface area contributed by atoms with Gasteiger partial charge in [-0.05, 0) is 18.8 Å². The number of hydrogen-bond donors (Lipinski definition) is 1. The van der Waals surface area contributed by atoms with Crippen molar-refractivity contribution in [3.8, 4) is 11.3 Å². The number of carboxylic acid groups (broad SMARTS) is 1. The van der Waals surface area contributed by atoms with Gasteiger partial charge in [-0.1, -0.05) is 48.8 Å². The second-order valence-corrected chi connectivity index (χ2v) is 7.29. The standard InChI is InChI=1S/C20H22N2O4/c1-2-15-16(17(21-26-15)13-7-4-3-5-8-13)18(23)22-11-14-9-6-10-20(14,12-22)19(24)25/h3-5,7-8,14H,2,6,9-12H2,1H3,(H,24,25)/t14-,20+/m0/s1. The van der Waals surface area contributed by atoms with Crippen molar-refractivity contribution in [2.45, 2.75) is 32.6 Å². The quantitative estimate of drug-likeness (QED) is 0.911. The molecule has 1 saturated carbocycles. The number of aryl methyl sites for hydroxylation is 1. The Morgan fingerprint density at radius 3 is 2.77 bits per heavy atom. The van der Waals surface area contributed by atoms with E-state index < -0.39 is 11.4 Å². The van der Waals surface area contributed by atoms with E-state index in [4.69, 9.17) is 4.52 Å². The van der Waals surface area contributed by atoms with Crippen LogP contribution in [0.5, 0.6) is 0 Å². The second-order valence-electron chi connectivity index (χ2n) is 7.29. The number of hydrogen-bond acceptors (Lipinski definition) is 4. The molecular weight excluding hydrogens is 332 g/mol. The largest absolute Gasteiger partial charge is 0.481 e. The molecule has 1 aromatic heterocycles. The van der Waals surface area contributed by atoms with Gasteiger partial charge in [0.15, 0.2) is 0 Å². The van der Waals surface area contributed by atoms with Crippen molar-refractivity contribution in [1.29, 1.82) is 0 Å². The van der Waals surface area contributed by atoms with E-state index in [0.29, 0.717) is 36.4 Å². The summed E-state index contributed by atoms with van der Waals surface area (Å²) in [4.78, 5) is 26.9. The minimum atomic E-state index is -0.786. The van der Waals surface area contributed by atoms with E-state index in [-0.39, 0.29) is 18.4 Å². The molecule has 2 fully saturated rings. The zero-order valence-corrected chi connectivity index (χ0v) is 14.8. The van der Waals surface area contributed by atoms with E-state index in [1.165, 1.54) is 0 Å². The first-order chi connectivity index (χ1) is 12.6. The molecule has 2 aromatic rings. The smallest absolute Gasteiger partial charge is 0.311 e. The molecule has 0 unspecified atom stereocenters. The fraction of sp³-hybridized carbons (Fsp3) is 0.450. The Morgan fingerprint density at radius 2 is 2.12 bits per heavy atom. The lowest BCUT2D eigenvalue weighted by Gasteiger charge is -2.23. The van der Waals surface area contributed by atoms with Crippen molar-refractivity contribution in [2.75, 3.05) is 13.1 Å². The van der Waals surface area contributed by atoms with E-state index in [2.05, 4.69) is 5.16 Å². The second kappa shape index (κ2) is 6.27. The van der Waals surface area contributed by atoms with Crippen molar-refractivity contribution in [3.63, 3.8) is 0 Å². The van der Waals surface area contributed by atoms with Crippen LogP contribution in [0.3, 0.4) is 0 Å². The van der Waals surface area contributed by atoms with E-state index in [0.717, 1.165) is 18.4 Å². The van der Waals surface area contributed by atoms with Crippen LogP contribution < -0.4 is 0 Å². The number of rotatable bonds is 4. The van der Waals surface area contributed by atoms with E-state index in [1.807, 2.05) is 37.3 Å². The van der Waals surface area contributed by atoms with Crippen LogP contribution in [-0.2, 0) is 11.2 Å². The molecule has 0 bridgehead atoms. The molecule has 0 radical (unpaired) electrons. The number of likely N-dealkylation sites (tertiary alicyclic amines) is 1. The predicted octanol–water partition coefficient (Wildman–Crippen LogP) is 3.23. The van der Waals surface area contributed by atoms with Crippen LogP contribution >= 0.6 is 0 Å². The van der Waals surface area contributed by atoms with Gasteiger partial charge >= 0.3 is 5.97 Å². The molecule has 1 saturated heterocycles. The predicted molar refractivity (Wildman–Crippen MR) is 94.6 cm³/mol. The first kappa shape index (κ1) is 16.8. The first-order valence-electron chi connectivity index (χ1n) is 9.13. The molecule has 1 N–H and O–H groups in total. The Morgan fingerprint density at radius 1 is 1.35 bits per heavy atom. The summed E-state index contributed by atoms with van der Waals surface area (Å²) in [6.45, 7) is 2.69. The van der Waals surface area contributed by atoms with Crippen molar-refractivity contribution in [3.05, 3.63) is 41.7 Å². The molecule has 1 aliphatic carbocycles. The average molecular weight is 354 g/mol. The van der Waals surface area contributed by atoms with Crippen LogP contribution in [0.25, 0.3) is 11.3 Å². The number of carbonyl (C=O) groups is 2. The van der Waals surface area contributed by atoms with Crippen molar-refractivity contribution in [1.82, 2.24) is 10.1 Å². The van der Waals surface area contributed by atoms with Crippen LogP contribution in [0.4, 0.5) is 0 Å². The van der Waals surface area contributed by atoms with Gasteiger partial charge < -0.3 is 14.5 Å². The molecule has 0 spiro atoms. The maximum absolute atomic E-state index is 13.3. The third-order valence-electron chi connectivity index (χ3n) is 5.93. The van der Waals surface area contributed by atoms with Gasteiger partial charge in [-0.3, -0.25) is 9.59 Å². The van der Waals surface area contributed by atoms with Gasteiger partial charge in [0.1, 0.15) is 17.0 Å². The topological polar surface area (TPSA) is 83.6 Å². The van der Waals surface area contributed by atoms with Gasteiger partial charge in [0, 0.05) is 25.1 Å². The summed E-state index contributed by atoms with van der Waals surface area (Å²) in [5, 5.41) is 13.9.